The van der Waals surface area contributed by atoms with Gasteiger partial charge in [0.05, 0.1) is 11.0 Å². The first-order chi connectivity index (χ1) is 17.2. The number of carbonyl (C=O) groups is 4. The Labute approximate surface area is 221 Å². The van der Waals surface area contributed by atoms with Crippen LogP contribution in [-0.2, 0) is 28.7 Å². The second kappa shape index (κ2) is 9.30. The fourth-order valence-corrected chi connectivity index (χ4v) is 8.49. The Hall–Kier alpha value is -2.06. The molecule has 3 saturated carbocycles. The van der Waals surface area contributed by atoms with Crippen LogP contribution in [0.25, 0.3) is 0 Å². The van der Waals surface area contributed by atoms with E-state index in [0.717, 1.165) is 0 Å². The van der Waals surface area contributed by atoms with Gasteiger partial charge in [0.25, 0.3) is 0 Å². The van der Waals surface area contributed by atoms with Crippen molar-refractivity contribution in [2.24, 2.45) is 28.6 Å². The summed E-state index contributed by atoms with van der Waals surface area (Å²) in [4.78, 5) is 49.2. The summed E-state index contributed by atoms with van der Waals surface area (Å²) < 4.78 is 26.9. The number of hydrogen-bond donors (Lipinski definition) is 1. The van der Waals surface area contributed by atoms with Gasteiger partial charge < -0.3 is 14.6 Å². The Morgan fingerprint density at radius 2 is 1.78 bits per heavy atom. The molecule has 0 radical (unpaired) electrons. The summed E-state index contributed by atoms with van der Waals surface area (Å²) in [5, 5.41) is 11.7. The largest absolute Gasteiger partial charge is 0.457 e. The minimum Gasteiger partial charge on any atom is -0.457 e. The van der Waals surface area contributed by atoms with Crippen LogP contribution in [0, 0.1) is 28.6 Å². The van der Waals surface area contributed by atoms with Gasteiger partial charge in [-0.05, 0) is 48.8 Å². The average Bonchev–Trinajstić information content (AvgIpc) is 3.07. The Kier molecular flexibility index (Phi) is 7.03. The maximum atomic E-state index is 15.7. The van der Waals surface area contributed by atoms with Crippen molar-refractivity contribution in [2.45, 2.75) is 89.5 Å². The van der Waals surface area contributed by atoms with E-state index in [9.17, 15) is 24.3 Å². The number of Topliss-reactive ketones (excluding diaryl/α,β-unsaturated/α-hetero) is 1. The number of allylic oxidation sites excluding steroid dienone is 4. The van der Waals surface area contributed by atoms with Crippen molar-refractivity contribution in [1.29, 1.82) is 0 Å². The zero-order chi connectivity index (χ0) is 27.6. The van der Waals surface area contributed by atoms with Gasteiger partial charge >= 0.3 is 11.9 Å². The Morgan fingerprint density at radius 3 is 2.41 bits per heavy atom. The highest BCUT2D eigenvalue weighted by molar-refractivity contribution is 6.26. The van der Waals surface area contributed by atoms with Crippen LogP contribution in [-0.4, -0.2) is 58.0 Å². The minimum atomic E-state index is -1.68. The monoisotopic (exact) mass is 538 g/mol. The van der Waals surface area contributed by atoms with Crippen LogP contribution >= 0.6 is 11.6 Å². The van der Waals surface area contributed by atoms with Gasteiger partial charge in [-0.3, -0.25) is 19.2 Å². The number of halogens is 2. The van der Waals surface area contributed by atoms with Crippen molar-refractivity contribution < 1.29 is 38.1 Å². The number of fused-ring (bicyclic) bond motifs is 5. The Morgan fingerprint density at radius 1 is 1.14 bits per heavy atom. The van der Waals surface area contributed by atoms with Crippen LogP contribution < -0.4 is 0 Å². The highest BCUT2D eigenvalue weighted by Crippen LogP contribution is 2.72. The zero-order valence-corrected chi connectivity index (χ0v) is 22.8. The maximum absolute atomic E-state index is 15.7. The summed E-state index contributed by atoms with van der Waals surface area (Å²) in [6, 6.07) is 0. The highest BCUT2D eigenvalue weighted by atomic mass is 35.5. The predicted octanol–water partition coefficient (Wildman–Crippen LogP) is 4.03. The van der Waals surface area contributed by atoms with E-state index in [2.05, 4.69) is 0 Å². The lowest BCUT2D eigenvalue weighted by molar-refractivity contribution is -0.204. The quantitative estimate of drug-likeness (QED) is 0.402. The van der Waals surface area contributed by atoms with Crippen molar-refractivity contribution in [3.05, 3.63) is 23.8 Å². The van der Waals surface area contributed by atoms with Gasteiger partial charge in [-0.15, -0.1) is 11.6 Å². The normalized spacial score (nSPS) is 44.3. The van der Waals surface area contributed by atoms with Crippen LogP contribution in [0.4, 0.5) is 4.39 Å². The second-order valence-corrected chi connectivity index (χ2v) is 12.1. The molecule has 0 saturated heterocycles. The molecule has 3 fully saturated rings. The molecular formula is C28H36ClFO7. The number of esters is 2. The van der Waals surface area contributed by atoms with Gasteiger partial charge in [0.1, 0.15) is 6.17 Å². The van der Waals surface area contributed by atoms with Gasteiger partial charge in [-0.25, -0.2) is 4.39 Å². The number of ether oxygens (including phenoxy) is 2. The molecule has 0 amide bonds. The van der Waals surface area contributed by atoms with E-state index in [4.69, 9.17) is 21.1 Å². The molecule has 204 valence electrons. The lowest BCUT2D eigenvalue weighted by Crippen LogP contribution is -2.70. The predicted molar refractivity (Wildman–Crippen MR) is 133 cm³/mol. The summed E-state index contributed by atoms with van der Waals surface area (Å²) in [5.74, 6) is -3.49. The second-order valence-electron chi connectivity index (χ2n) is 11.5. The van der Waals surface area contributed by atoms with Gasteiger partial charge in [-0.1, -0.05) is 40.7 Å². The van der Waals surface area contributed by atoms with E-state index < -0.39 is 69.7 Å². The first-order valence-corrected chi connectivity index (χ1v) is 13.5. The average molecular weight is 539 g/mol. The Bertz CT molecular complexity index is 1090. The lowest BCUT2D eigenvalue weighted by atomic mass is 9.45. The number of carbonyl (C=O) groups excluding carboxylic acids is 4. The van der Waals surface area contributed by atoms with Crippen molar-refractivity contribution in [3.63, 3.8) is 0 Å². The number of ketones is 2. The minimum absolute atomic E-state index is 0.00801. The zero-order valence-electron chi connectivity index (χ0n) is 22.0. The number of hydrogen-bond acceptors (Lipinski definition) is 7. The molecule has 0 bridgehead atoms. The molecule has 4 aliphatic carbocycles. The first kappa shape index (κ1) is 28.0. The molecule has 9 heteroatoms. The van der Waals surface area contributed by atoms with Crippen LogP contribution in [0.2, 0.25) is 0 Å². The maximum Gasteiger partial charge on any atom is 0.306 e. The van der Waals surface area contributed by atoms with Gasteiger partial charge in [-0.2, -0.15) is 0 Å². The summed E-state index contributed by atoms with van der Waals surface area (Å²) in [5.41, 5.74) is -3.65. The van der Waals surface area contributed by atoms with E-state index in [-0.39, 0.29) is 43.0 Å². The number of rotatable bonds is 6. The molecule has 1 N–H and O–H groups in total. The van der Waals surface area contributed by atoms with Gasteiger partial charge in [0.2, 0.25) is 5.78 Å². The van der Waals surface area contributed by atoms with Crippen molar-refractivity contribution in [1.82, 2.24) is 0 Å². The molecule has 0 aliphatic heterocycles. The van der Waals surface area contributed by atoms with Gasteiger partial charge in [0.15, 0.2) is 18.0 Å². The van der Waals surface area contributed by atoms with Crippen LogP contribution in [0.15, 0.2) is 23.8 Å². The first-order valence-electron chi connectivity index (χ1n) is 13.1. The molecule has 4 aliphatic rings. The van der Waals surface area contributed by atoms with Crippen LogP contribution in [0.1, 0.15) is 66.7 Å². The summed E-state index contributed by atoms with van der Waals surface area (Å²) >= 11 is 7.38. The Balaban J connectivity index is 1.83. The van der Waals surface area contributed by atoms with Crippen LogP contribution in [0.5, 0.6) is 0 Å². The molecule has 37 heavy (non-hydrogen) atoms. The van der Waals surface area contributed by atoms with Crippen molar-refractivity contribution >= 4 is 35.1 Å². The molecule has 9 atom stereocenters. The molecule has 4 rings (SSSR count). The highest BCUT2D eigenvalue weighted by Gasteiger charge is 2.77. The topological polar surface area (TPSA) is 107 Å². The molecule has 7 nitrogen and oxygen atoms in total. The molecule has 0 aromatic rings. The van der Waals surface area contributed by atoms with E-state index in [1.165, 1.54) is 12.2 Å². The SMILES string of the molecule is CCC(=O)OCC(=O)[C@@]1(OC(=O)CC)[C@H](C)C[C@H]2[C@@H]3C[C@H](F)C4=CC(=O)C=C[C@]4(C)[C@@]3(Cl)C(O)C[C@@]21C. The number of alkyl halides is 2. The molecule has 0 heterocycles. The van der Waals surface area contributed by atoms with Gasteiger partial charge in [0, 0.05) is 29.6 Å². The summed E-state index contributed by atoms with van der Waals surface area (Å²) in [7, 11) is 0. The molecule has 0 aromatic carbocycles. The number of aliphatic hydroxyl groups is 1. The van der Waals surface area contributed by atoms with E-state index in [0.29, 0.717) is 6.42 Å². The summed E-state index contributed by atoms with van der Waals surface area (Å²) in [6.45, 7) is 8.01. The third-order valence-corrected chi connectivity index (χ3v) is 10.7. The molecule has 1 unspecified atom stereocenters. The standard InChI is InChI=1S/C28H36ClFO7/c1-6-23(34)36-14-22(33)28(37-24(35)7-2)15(3)10-17-18-12-20(30)19-11-16(31)8-9-25(19,4)27(18,29)21(32)13-26(17,28)5/h8-9,11,15,17-18,20-21,32H,6-7,10,12-14H2,1-5H3/t15-,17+,18+,20+,21?,25+,26+,27+,28+/m1/s1. The summed E-state index contributed by atoms with van der Waals surface area (Å²) in [6.07, 6.45) is 2.05. The van der Waals surface area contributed by atoms with E-state index in [1.54, 1.807) is 40.7 Å². The van der Waals surface area contributed by atoms with E-state index >= 15 is 4.39 Å². The molecule has 0 aromatic heterocycles. The fraction of sp³-hybridized carbons (Fsp3) is 0.714. The molecular weight excluding hydrogens is 503 g/mol. The lowest BCUT2D eigenvalue weighted by Gasteiger charge is -2.64. The smallest absolute Gasteiger partial charge is 0.306 e. The molecule has 0 spiro atoms. The van der Waals surface area contributed by atoms with E-state index in [1.807, 2.05) is 0 Å². The van der Waals surface area contributed by atoms with Crippen molar-refractivity contribution in [2.75, 3.05) is 6.61 Å². The van der Waals surface area contributed by atoms with Crippen molar-refractivity contribution in [3.8, 4) is 0 Å². The number of aliphatic hydroxyl groups excluding tert-OH is 1. The fourth-order valence-electron chi connectivity index (χ4n) is 8.00. The third kappa shape index (κ3) is 3.68. The van der Waals surface area contributed by atoms with Crippen LogP contribution in [0.3, 0.4) is 0 Å². The third-order valence-electron chi connectivity index (χ3n) is 9.80.